The van der Waals surface area contributed by atoms with E-state index in [-0.39, 0.29) is 12.8 Å². The van der Waals surface area contributed by atoms with E-state index in [1.54, 1.807) is 6.92 Å². The molecule has 0 fully saturated rings. The van der Waals surface area contributed by atoms with Crippen LogP contribution in [0.25, 0.3) is 0 Å². The summed E-state index contributed by atoms with van der Waals surface area (Å²) in [5.41, 5.74) is 5.02. The van der Waals surface area contributed by atoms with Crippen molar-refractivity contribution in [2.75, 3.05) is 0 Å². The van der Waals surface area contributed by atoms with E-state index in [1.165, 1.54) is 0 Å². The molecule has 7 heteroatoms. The van der Waals surface area contributed by atoms with Gasteiger partial charge in [-0.1, -0.05) is 6.92 Å². The zero-order valence-electron chi connectivity index (χ0n) is 8.34. The summed E-state index contributed by atoms with van der Waals surface area (Å²) in [6, 6.07) is -0.681. The van der Waals surface area contributed by atoms with Crippen molar-refractivity contribution >= 4 is 17.9 Å². The maximum Gasteiger partial charge on any atom is 0.320 e. The summed E-state index contributed by atoms with van der Waals surface area (Å²) >= 11 is 0. The van der Waals surface area contributed by atoms with Crippen LogP contribution in [-0.2, 0) is 14.4 Å². The molecule has 0 amide bonds. The molecule has 0 rings (SSSR count). The van der Waals surface area contributed by atoms with E-state index in [4.69, 9.17) is 21.1 Å². The lowest BCUT2D eigenvalue weighted by atomic mass is 10.2. The number of carboxylic acids is 3. The highest BCUT2D eigenvalue weighted by molar-refractivity contribution is 5.75. The maximum atomic E-state index is 9.81. The monoisotopic (exact) mass is 221 g/mol. The van der Waals surface area contributed by atoms with Gasteiger partial charge in [0.1, 0.15) is 6.04 Å². The Morgan fingerprint density at radius 3 is 1.47 bits per heavy atom. The van der Waals surface area contributed by atoms with Gasteiger partial charge in [0, 0.05) is 0 Å². The molecule has 1 unspecified atom stereocenters. The number of carbonyl (C=O) groups is 3. The lowest BCUT2D eigenvalue weighted by Crippen LogP contribution is -2.28. The standard InChI is InChI=1S/C4H9NO2.C4H6O4/c1-2-3(5)4(6)7;5-3(6)1-2-4(7)8/h3H,2,5H2,1H3,(H,6,7);1-2H2,(H,5,6)(H,7,8). The van der Waals surface area contributed by atoms with Crippen molar-refractivity contribution in [3.8, 4) is 0 Å². The van der Waals surface area contributed by atoms with Gasteiger partial charge in [-0.2, -0.15) is 0 Å². The van der Waals surface area contributed by atoms with Crippen molar-refractivity contribution in [2.24, 2.45) is 5.73 Å². The van der Waals surface area contributed by atoms with Crippen LogP contribution in [0.2, 0.25) is 0 Å². The fourth-order valence-corrected chi connectivity index (χ4v) is 0.388. The molecule has 7 nitrogen and oxygen atoms in total. The van der Waals surface area contributed by atoms with Gasteiger partial charge < -0.3 is 21.1 Å². The molecule has 0 aliphatic rings. The van der Waals surface area contributed by atoms with Crippen molar-refractivity contribution in [1.29, 1.82) is 0 Å². The highest BCUT2D eigenvalue weighted by Crippen LogP contribution is 1.86. The summed E-state index contributed by atoms with van der Waals surface area (Å²) in [7, 11) is 0. The fourth-order valence-electron chi connectivity index (χ4n) is 0.388. The lowest BCUT2D eigenvalue weighted by molar-refractivity contribution is -0.143. The third kappa shape index (κ3) is 15.2. The predicted octanol–water partition coefficient (Wildman–Crippen LogP) is -0.256. The van der Waals surface area contributed by atoms with Crippen LogP contribution in [0.15, 0.2) is 0 Å². The third-order valence-electron chi connectivity index (χ3n) is 1.31. The van der Waals surface area contributed by atoms with E-state index >= 15 is 0 Å². The predicted molar refractivity (Wildman–Crippen MR) is 50.4 cm³/mol. The first-order chi connectivity index (χ1) is 6.81. The van der Waals surface area contributed by atoms with E-state index in [1.807, 2.05) is 0 Å². The van der Waals surface area contributed by atoms with Gasteiger partial charge in [-0.3, -0.25) is 14.4 Å². The van der Waals surface area contributed by atoms with E-state index in [0.29, 0.717) is 6.42 Å². The van der Waals surface area contributed by atoms with Crippen LogP contribution in [0.1, 0.15) is 26.2 Å². The lowest BCUT2D eigenvalue weighted by Gasteiger charge is -1.97. The van der Waals surface area contributed by atoms with Gasteiger partial charge in [-0.25, -0.2) is 0 Å². The average Bonchev–Trinajstić information content (AvgIpc) is 2.14. The number of aliphatic carboxylic acids is 3. The molecule has 0 saturated heterocycles. The molecule has 88 valence electrons. The van der Waals surface area contributed by atoms with Gasteiger partial charge in [0.15, 0.2) is 0 Å². The van der Waals surface area contributed by atoms with Crippen LogP contribution in [0.5, 0.6) is 0 Å². The van der Waals surface area contributed by atoms with Crippen molar-refractivity contribution in [3.05, 3.63) is 0 Å². The Morgan fingerprint density at radius 2 is 1.40 bits per heavy atom. The zero-order valence-corrected chi connectivity index (χ0v) is 8.34. The SMILES string of the molecule is CCC(N)C(=O)O.O=C(O)CCC(=O)O. The summed E-state index contributed by atoms with van der Waals surface area (Å²) in [5, 5.41) is 23.9. The highest BCUT2D eigenvalue weighted by Gasteiger charge is 2.05. The van der Waals surface area contributed by atoms with Crippen LogP contribution in [-0.4, -0.2) is 39.3 Å². The molecule has 0 aliphatic carbocycles. The topological polar surface area (TPSA) is 138 Å². The Kier molecular flexibility index (Phi) is 9.44. The number of hydrogen-bond acceptors (Lipinski definition) is 4. The number of nitrogens with two attached hydrogens (primary N) is 1. The molecule has 0 aromatic rings. The molecule has 0 radical (unpaired) electrons. The first-order valence-corrected chi connectivity index (χ1v) is 4.23. The van der Waals surface area contributed by atoms with Gasteiger partial charge in [0.05, 0.1) is 12.8 Å². The van der Waals surface area contributed by atoms with Crippen LogP contribution in [0, 0.1) is 0 Å². The van der Waals surface area contributed by atoms with Gasteiger partial charge in [-0.15, -0.1) is 0 Å². The first-order valence-electron chi connectivity index (χ1n) is 4.23. The summed E-state index contributed by atoms with van der Waals surface area (Å²) in [6.45, 7) is 1.73. The largest absolute Gasteiger partial charge is 0.481 e. The number of carboxylic acid groups (broad SMARTS) is 3. The molecule has 0 aliphatic heterocycles. The molecule has 0 heterocycles. The minimum absolute atomic E-state index is 0.296. The van der Waals surface area contributed by atoms with Gasteiger partial charge in [0.25, 0.3) is 0 Å². The van der Waals surface area contributed by atoms with E-state index < -0.39 is 23.9 Å². The minimum Gasteiger partial charge on any atom is -0.481 e. The summed E-state index contributed by atoms with van der Waals surface area (Å²) in [5.74, 6) is -3.08. The third-order valence-corrected chi connectivity index (χ3v) is 1.31. The summed E-state index contributed by atoms with van der Waals surface area (Å²) < 4.78 is 0. The quantitative estimate of drug-likeness (QED) is 0.501. The second kappa shape index (κ2) is 8.95. The van der Waals surface area contributed by atoms with Crippen LogP contribution in [0.3, 0.4) is 0 Å². The second-order valence-corrected chi connectivity index (χ2v) is 2.64. The van der Waals surface area contributed by atoms with Gasteiger partial charge >= 0.3 is 17.9 Å². The van der Waals surface area contributed by atoms with E-state index in [2.05, 4.69) is 0 Å². The molecule has 15 heavy (non-hydrogen) atoms. The Hall–Kier alpha value is -1.63. The Bertz CT molecular complexity index is 213. The second-order valence-electron chi connectivity index (χ2n) is 2.64. The van der Waals surface area contributed by atoms with Crippen molar-refractivity contribution in [3.63, 3.8) is 0 Å². The number of hydrogen-bond donors (Lipinski definition) is 4. The Balaban J connectivity index is 0. The summed E-state index contributed by atoms with van der Waals surface area (Å²) in [4.78, 5) is 29.1. The van der Waals surface area contributed by atoms with Crippen LogP contribution >= 0.6 is 0 Å². The Labute approximate surface area is 86.5 Å². The van der Waals surface area contributed by atoms with Gasteiger partial charge in [0.2, 0.25) is 0 Å². The smallest absolute Gasteiger partial charge is 0.320 e. The molecule has 0 spiro atoms. The van der Waals surface area contributed by atoms with Crippen molar-refractivity contribution in [1.82, 2.24) is 0 Å². The normalized spacial score (nSPS) is 10.8. The molecular weight excluding hydrogens is 206 g/mol. The molecule has 0 aromatic carbocycles. The minimum atomic E-state index is -1.08. The number of rotatable bonds is 5. The molecule has 0 saturated carbocycles. The van der Waals surface area contributed by atoms with E-state index in [0.717, 1.165) is 0 Å². The summed E-state index contributed by atoms with van der Waals surface area (Å²) in [6.07, 6.45) is -0.0972. The van der Waals surface area contributed by atoms with E-state index in [9.17, 15) is 14.4 Å². The first kappa shape index (κ1) is 15.8. The average molecular weight is 221 g/mol. The van der Waals surface area contributed by atoms with Gasteiger partial charge in [-0.05, 0) is 6.42 Å². The molecule has 5 N–H and O–H groups in total. The van der Waals surface area contributed by atoms with Crippen molar-refractivity contribution < 1.29 is 29.7 Å². The maximum absolute atomic E-state index is 9.81. The molecule has 0 aromatic heterocycles. The molecule has 1 atom stereocenters. The Morgan fingerprint density at radius 1 is 1.07 bits per heavy atom. The molecular formula is C8H15NO6. The van der Waals surface area contributed by atoms with Crippen LogP contribution in [0.4, 0.5) is 0 Å². The van der Waals surface area contributed by atoms with Crippen LogP contribution < -0.4 is 5.73 Å². The molecule has 0 bridgehead atoms. The fraction of sp³-hybridized carbons (Fsp3) is 0.625. The highest BCUT2D eigenvalue weighted by atomic mass is 16.4. The van der Waals surface area contributed by atoms with Crippen molar-refractivity contribution in [2.45, 2.75) is 32.2 Å². The zero-order chi connectivity index (χ0) is 12.4.